The summed E-state index contributed by atoms with van der Waals surface area (Å²) in [6.45, 7) is 7.50. The van der Waals surface area contributed by atoms with Gasteiger partial charge in [-0.1, -0.05) is 44.9 Å². The predicted molar refractivity (Wildman–Crippen MR) is 76.7 cm³/mol. The van der Waals surface area contributed by atoms with E-state index in [-0.39, 0.29) is 5.82 Å². The van der Waals surface area contributed by atoms with Crippen molar-refractivity contribution in [2.75, 3.05) is 6.54 Å². The molecule has 0 aromatic heterocycles. The Morgan fingerprint density at radius 3 is 2.61 bits per heavy atom. The smallest absolute Gasteiger partial charge is 0.127 e. The molecule has 0 saturated carbocycles. The largest absolute Gasteiger partial charge is 0.313 e. The van der Waals surface area contributed by atoms with Crippen molar-refractivity contribution in [3.63, 3.8) is 0 Å². The molecule has 0 heterocycles. The first-order valence-electron chi connectivity index (χ1n) is 6.75. The number of halogens is 2. The Balaban J connectivity index is 2.75. The van der Waals surface area contributed by atoms with Crippen molar-refractivity contribution >= 4 is 11.6 Å². The molecular weight excluding hydrogens is 249 g/mol. The van der Waals surface area contributed by atoms with Crippen LogP contribution in [-0.4, -0.2) is 12.6 Å². The Kier molecular flexibility index (Phi) is 6.66. The normalized spacial score (nSPS) is 14.5. The third kappa shape index (κ3) is 4.58. The molecule has 1 rings (SSSR count). The van der Waals surface area contributed by atoms with Crippen LogP contribution in [0.3, 0.4) is 0 Å². The van der Waals surface area contributed by atoms with E-state index >= 15 is 0 Å². The molecule has 102 valence electrons. The monoisotopic (exact) mass is 271 g/mol. The van der Waals surface area contributed by atoms with E-state index in [2.05, 4.69) is 26.1 Å². The molecule has 0 saturated heterocycles. The van der Waals surface area contributed by atoms with E-state index in [1.165, 1.54) is 6.07 Å². The van der Waals surface area contributed by atoms with Gasteiger partial charge in [0.15, 0.2) is 0 Å². The molecule has 0 spiro atoms. The molecule has 0 bridgehead atoms. The van der Waals surface area contributed by atoms with Crippen LogP contribution in [0.5, 0.6) is 0 Å². The van der Waals surface area contributed by atoms with Gasteiger partial charge < -0.3 is 5.32 Å². The highest BCUT2D eigenvalue weighted by Gasteiger charge is 2.17. The highest BCUT2D eigenvalue weighted by molar-refractivity contribution is 6.30. The van der Waals surface area contributed by atoms with Crippen molar-refractivity contribution in [1.82, 2.24) is 5.32 Å². The molecule has 1 aromatic carbocycles. The van der Waals surface area contributed by atoms with Crippen molar-refractivity contribution in [3.05, 3.63) is 34.6 Å². The molecule has 0 radical (unpaired) electrons. The van der Waals surface area contributed by atoms with E-state index in [4.69, 9.17) is 11.6 Å². The second-order valence-electron chi connectivity index (χ2n) is 4.89. The van der Waals surface area contributed by atoms with Gasteiger partial charge in [0, 0.05) is 11.1 Å². The van der Waals surface area contributed by atoms with E-state index in [9.17, 15) is 4.39 Å². The van der Waals surface area contributed by atoms with E-state index in [1.54, 1.807) is 12.1 Å². The maximum atomic E-state index is 13.8. The second-order valence-corrected chi connectivity index (χ2v) is 5.32. The molecule has 1 nitrogen and oxygen atoms in total. The van der Waals surface area contributed by atoms with Crippen LogP contribution in [0.1, 0.15) is 39.2 Å². The lowest BCUT2D eigenvalue weighted by Crippen LogP contribution is -2.37. The summed E-state index contributed by atoms with van der Waals surface area (Å²) in [5.41, 5.74) is 0.744. The summed E-state index contributed by atoms with van der Waals surface area (Å²) in [4.78, 5) is 0. The maximum absolute atomic E-state index is 13.8. The van der Waals surface area contributed by atoms with Gasteiger partial charge in [-0.05, 0) is 43.0 Å². The highest BCUT2D eigenvalue weighted by atomic mass is 35.5. The van der Waals surface area contributed by atoms with E-state index in [0.29, 0.717) is 17.0 Å². The van der Waals surface area contributed by atoms with Crippen molar-refractivity contribution in [3.8, 4) is 0 Å². The lowest BCUT2D eigenvalue weighted by atomic mass is 9.92. The topological polar surface area (TPSA) is 12.0 Å². The summed E-state index contributed by atoms with van der Waals surface area (Å²) in [7, 11) is 0. The van der Waals surface area contributed by atoms with Gasteiger partial charge in [0.2, 0.25) is 0 Å². The molecule has 0 aliphatic carbocycles. The van der Waals surface area contributed by atoms with Crippen LogP contribution >= 0.6 is 11.6 Å². The average Bonchev–Trinajstić information content (AvgIpc) is 2.36. The average molecular weight is 272 g/mol. The fraction of sp³-hybridized carbons (Fsp3) is 0.600. The molecule has 0 amide bonds. The molecule has 1 N–H and O–H groups in total. The summed E-state index contributed by atoms with van der Waals surface area (Å²) in [6.07, 6.45) is 2.91. The molecule has 0 fully saturated rings. The zero-order valence-corrected chi connectivity index (χ0v) is 12.2. The van der Waals surface area contributed by atoms with Crippen LogP contribution < -0.4 is 5.32 Å². The minimum atomic E-state index is -0.200. The fourth-order valence-corrected chi connectivity index (χ4v) is 2.17. The van der Waals surface area contributed by atoms with Gasteiger partial charge in [-0.3, -0.25) is 0 Å². The molecular formula is C15H23ClFN. The molecule has 2 unspecified atom stereocenters. The second kappa shape index (κ2) is 7.75. The SMILES string of the molecule is CCCNC(Cc1ccc(Cl)cc1F)C(C)CC. The van der Waals surface area contributed by atoms with Crippen molar-refractivity contribution in [2.45, 2.75) is 46.1 Å². The van der Waals surface area contributed by atoms with Crippen LogP contribution in [0, 0.1) is 11.7 Å². The first-order valence-corrected chi connectivity index (χ1v) is 7.13. The summed E-state index contributed by atoms with van der Waals surface area (Å²) in [5.74, 6) is 0.334. The van der Waals surface area contributed by atoms with Gasteiger partial charge in [0.25, 0.3) is 0 Å². The third-order valence-corrected chi connectivity index (χ3v) is 3.68. The molecule has 18 heavy (non-hydrogen) atoms. The number of hydrogen-bond acceptors (Lipinski definition) is 1. The number of benzene rings is 1. The Bertz CT molecular complexity index is 368. The Morgan fingerprint density at radius 1 is 1.33 bits per heavy atom. The van der Waals surface area contributed by atoms with Gasteiger partial charge in [-0.15, -0.1) is 0 Å². The lowest BCUT2D eigenvalue weighted by Gasteiger charge is -2.24. The molecule has 1 aromatic rings. The lowest BCUT2D eigenvalue weighted by molar-refractivity contribution is 0.361. The van der Waals surface area contributed by atoms with Crippen LogP contribution in [-0.2, 0) is 6.42 Å². The van der Waals surface area contributed by atoms with Crippen LogP contribution in [0.25, 0.3) is 0 Å². The standard InChI is InChI=1S/C15H23ClFN/c1-4-8-18-15(11(3)5-2)9-12-6-7-13(16)10-14(12)17/h6-7,10-11,15,18H,4-5,8-9H2,1-3H3. The van der Waals surface area contributed by atoms with Gasteiger partial charge in [0.05, 0.1) is 0 Å². The van der Waals surface area contributed by atoms with E-state index < -0.39 is 0 Å². The van der Waals surface area contributed by atoms with Crippen LogP contribution in [0.4, 0.5) is 4.39 Å². The first kappa shape index (κ1) is 15.5. The van der Waals surface area contributed by atoms with Crippen LogP contribution in [0.2, 0.25) is 5.02 Å². The van der Waals surface area contributed by atoms with Gasteiger partial charge in [-0.25, -0.2) is 4.39 Å². The molecule has 0 aliphatic rings. The Hall–Kier alpha value is -0.600. The minimum Gasteiger partial charge on any atom is -0.313 e. The zero-order chi connectivity index (χ0) is 13.5. The van der Waals surface area contributed by atoms with Crippen molar-refractivity contribution in [2.24, 2.45) is 5.92 Å². The predicted octanol–water partition coefficient (Wildman–Crippen LogP) is 4.44. The number of nitrogens with one attached hydrogen (secondary N) is 1. The Morgan fingerprint density at radius 2 is 2.06 bits per heavy atom. The summed E-state index contributed by atoms with van der Waals surface area (Å²) >= 11 is 5.77. The Labute approximate surface area is 115 Å². The first-order chi connectivity index (χ1) is 8.58. The maximum Gasteiger partial charge on any atom is 0.127 e. The highest BCUT2D eigenvalue weighted by Crippen LogP contribution is 2.19. The minimum absolute atomic E-state index is 0.200. The summed E-state index contributed by atoms with van der Waals surface area (Å²) < 4.78 is 13.8. The van der Waals surface area contributed by atoms with Gasteiger partial charge in [0.1, 0.15) is 5.82 Å². The van der Waals surface area contributed by atoms with Crippen molar-refractivity contribution in [1.29, 1.82) is 0 Å². The van der Waals surface area contributed by atoms with Crippen molar-refractivity contribution < 1.29 is 4.39 Å². The molecule has 0 aliphatic heterocycles. The summed E-state index contributed by atoms with van der Waals surface area (Å²) in [5, 5.41) is 3.97. The van der Waals surface area contributed by atoms with Crippen LogP contribution in [0.15, 0.2) is 18.2 Å². The molecule has 3 heteroatoms. The van der Waals surface area contributed by atoms with Gasteiger partial charge >= 0.3 is 0 Å². The number of rotatable bonds is 7. The quantitative estimate of drug-likeness (QED) is 0.773. The van der Waals surface area contributed by atoms with Gasteiger partial charge in [-0.2, -0.15) is 0 Å². The van der Waals surface area contributed by atoms with E-state index in [1.807, 2.05) is 0 Å². The zero-order valence-electron chi connectivity index (χ0n) is 11.5. The third-order valence-electron chi connectivity index (χ3n) is 3.44. The number of hydrogen-bond donors (Lipinski definition) is 1. The van der Waals surface area contributed by atoms with E-state index in [0.717, 1.165) is 31.4 Å². The molecule has 2 atom stereocenters. The fourth-order valence-electron chi connectivity index (χ4n) is 2.01. The summed E-state index contributed by atoms with van der Waals surface area (Å²) in [6, 6.07) is 5.27.